The first-order valence-electron chi connectivity index (χ1n) is 7.96. The molecule has 1 amide bonds. The van der Waals surface area contributed by atoms with Gasteiger partial charge in [0.2, 0.25) is 0 Å². The fourth-order valence-electron chi connectivity index (χ4n) is 2.92. The highest BCUT2D eigenvalue weighted by Gasteiger charge is 2.21. The molecule has 2 unspecified atom stereocenters. The van der Waals surface area contributed by atoms with Gasteiger partial charge < -0.3 is 10.6 Å². The number of hydrogen-bond donors (Lipinski definition) is 3. The fraction of sp³-hybridized carbons (Fsp3) is 0.412. The minimum Gasteiger partial charge on any atom is -0.348 e. The molecule has 130 valence electrons. The summed E-state index contributed by atoms with van der Waals surface area (Å²) in [6, 6.07) is 9.44. The number of piperidine rings is 1. The monoisotopic (exact) mass is 350 g/mol. The molecule has 1 aliphatic rings. The highest BCUT2D eigenvalue weighted by Crippen LogP contribution is 2.10. The molecule has 3 N–H and O–H groups in total. The summed E-state index contributed by atoms with van der Waals surface area (Å²) in [7, 11) is 0. The van der Waals surface area contributed by atoms with Crippen LogP contribution in [-0.2, 0) is 0 Å². The molecule has 0 bridgehead atoms. The van der Waals surface area contributed by atoms with Gasteiger partial charge in [-0.25, -0.2) is 4.68 Å². The molecular weight excluding hydrogens is 328 g/mol. The number of nitrogens with zero attached hydrogens (tertiary/aromatic N) is 1. The molecule has 0 saturated carbocycles. The van der Waals surface area contributed by atoms with Crippen LogP contribution in [0.4, 0.5) is 0 Å². The maximum atomic E-state index is 12.4. The molecule has 3 rings (SSSR count). The molecule has 1 aromatic heterocycles. The zero-order valence-electron chi connectivity index (χ0n) is 13.8. The molecule has 7 heteroatoms. The maximum Gasteiger partial charge on any atom is 0.271 e. The average Bonchev–Trinajstić information content (AvgIpc) is 2.90. The van der Waals surface area contributed by atoms with Crippen LogP contribution >= 0.6 is 12.4 Å². The Labute approximate surface area is 147 Å². The van der Waals surface area contributed by atoms with Gasteiger partial charge in [-0.05, 0) is 45.4 Å². The minimum absolute atomic E-state index is 0. The molecular formula is C17H23ClN4O2. The lowest BCUT2D eigenvalue weighted by Gasteiger charge is -2.28. The normalized spacial score (nSPS) is 20.2. The third-order valence-electron chi connectivity index (χ3n) is 4.22. The number of aromatic amines is 1. The van der Waals surface area contributed by atoms with Crippen molar-refractivity contribution in [3.63, 3.8) is 0 Å². The summed E-state index contributed by atoms with van der Waals surface area (Å²) in [6.07, 6.45) is 1.80. The number of aromatic nitrogens is 2. The van der Waals surface area contributed by atoms with Crippen LogP contribution in [-0.4, -0.2) is 34.3 Å². The fourth-order valence-corrected chi connectivity index (χ4v) is 2.92. The SMILES string of the molecule is Cc1ccc(-n2[nH]c(C(=O)NC3CCNC(C)C3)cc2=O)cc1.Cl. The van der Waals surface area contributed by atoms with E-state index in [4.69, 9.17) is 0 Å². The Hall–Kier alpha value is -2.05. The Kier molecular flexibility index (Phi) is 5.85. The molecule has 1 aliphatic heterocycles. The quantitative estimate of drug-likeness (QED) is 0.789. The molecule has 2 heterocycles. The van der Waals surface area contributed by atoms with E-state index in [9.17, 15) is 9.59 Å². The van der Waals surface area contributed by atoms with Gasteiger partial charge in [0.15, 0.2) is 0 Å². The van der Waals surface area contributed by atoms with Gasteiger partial charge in [0.05, 0.1) is 5.69 Å². The van der Waals surface area contributed by atoms with Crippen LogP contribution in [0.2, 0.25) is 0 Å². The molecule has 1 aromatic carbocycles. The zero-order valence-corrected chi connectivity index (χ0v) is 14.7. The first-order valence-corrected chi connectivity index (χ1v) is 7.96. The van der Waals surface area contributed by atoms with Crippen molar-refractivity contribution < 1.29 is 4.79 Å². The smallest absolute Gasteiger partial charge is 0.271 e. The standard InChI is InChI=1S/C17H22N4O2.ClH/c1-11-3-5-14(6-4-11)21-16(22)10-15(20-21)17(23)19-13-7-8-18-12(2)9-13;/h3-6,10,12-13,18,20H,7-9H2,1-2H3,(H,19,23);1H. The largest absolute Gasteiger partial charge is 0.348 e. The highest BCUT2D eigenvalue weighted by atomic mass is 35.5. The number of amides is 1. The van der Waals surface area contributed by atoms with Gasteiger partial charge in [0.25, 0.3) is 11.5 Å². The number of rotatable bonds is 3. The lowest BCUT2D eigenvalue weighted by Crippen LogP contribution is -2.46. The van der Waals surface area contributed by atoms with Crippen LogP contribution in [0.1, 0.15) is 35.8 Å². The Bertz CT molecular complexity index is 751. The molecule has 1 fully saturated rings. The highest BCUT2D eigenvalue weighted by molar-refractivity contribution is 5.92. The lowest BCUT2D eigenvalue weighted by molar-refractivity contribution is 0.0920. The summed E-state index contributed by atoms with van der Waals surface area (Å²) in [4.78, 5) is 24.5. The summed E-state index contributed by atoms with van der Waals surface area (Å²) in [5.74, 6) is -0.230. The molecule has 0 spiro atoms. The van der Waals surface area contributed by atoms with Crippen molar-refractivity contribution in [3.8, 4) is 5.69 Å². The second-order valence-corrected chi connectivity index (χ2v) is 6.23. The topological polar surface area (TPSA) is 78.9 Å². The van der Waals surface area contributed by atoms with E-state index in [-0.39, 0.29) is 29.9 Å². The Balaban J connectivity index is 0.00000208. The number of benzene rings is 1. The summed E-state index contributed by atoms with van der Waals surface area (Å²) >= 11 is 0. The van der Waals surface area contributed by atoms with Gasteiger partial charge in [-0.1, -0.05) is 17.7 Å². The van der Waals surface area contributed by atoms with Crippen LogP contribution in [0, 0.1) is 6.92 Å². The van der Waals surface area contributed by atoms with E-state index in [0.717, 1.165) is 30.6 Å². The van der Waals surface area contributed by atoms with Crippen molar-refractivity contribution in [2.45, 2.75) is 38.8 Å². The van der Waals surface area contributed by atoms with E-state index in [2.05, 4.69) is 22.7 Å². The number of halogens is 1. The number of carbonyl (C=O) groups excluding carboxylic acids is 1. The minimum atomic E-state index is -0.238. The molecule has 2 aromatic rings. The van der Waals surface area contributed by atoms with E-state index in [1.807, 2.05) is 31.2 Å². The van der Waals surface area contributed by atoms with Crippen LogP contribution in [0.25, 0.3) is 5.69 Å². The maximum absolute atomic E-state index is 12.4. The summed E-state index contributed by atoms with van der Waals surface area (Å²) in [5, 5.41) is 9.25. The van der Waals surface area contributed by atoms with Gasteiger partial charge in [-0.15, -0.1) is 12.4 Å². The molecule has 1 saturated heterocycles. The van der Waals surface area contributed by atoms with Crippen molar-refractivity contribution in [2.24, 2.45) is 0 Å². The van der Waals surface area contributed by atoms with Crippen LogP contribution in [0.3, 0.4) is 0 Å². The predicted octanol–water partition coefficient (Wildman–Crippen LogP) is 1.77. The second kappa shape index (κ2) is 7.68. The predicted molar refractivity (Wildman–Crippen MR) is 96.3 cm³/mol. The number of aryl methyl sites for hydroxylation is 1. The Morgan fingerprint density at radius 3 is 2.67 bits per heavy atom. The molecule has 0 radical (unpaired) electrons. The van der Waals surface area contributed by atoms with Gasteiger partial charge in [-0.3, -0.25) is 14.7 Å². The second-order valence-electron chi connectivity index (χ2n) is 6.23. The van der Waals surface area contributed by atoms with E-state index in [0.29, 0.717) is 11.7 Å². The zero-order chi connectivity index (χ0) is 16.4. The van der Waals surface area contributed by atoms with Crippen molar-refractivity contribution >= 4 is 18.3 Å². The van der Waals surface area contributed by atoms with E-state index >= 15 is 0 Å². The van der Waals surface area contributed by atoms with Gasteiger partial charge in [0, 0.05) is 18.2 Å². The summed E-state index contributed by atoms with van der Waals surface area (Å²) in [6.45, 7) is 4.99. The molecule has 0 aliphatic carbocycles. The number of nitrogens with one attached hydrogen (secondary N) is 3. The van der Waals surface area contributed by atoms with Crippen molar-refractivity contribution in [3.05, 3.63) is 51.9 Å². The number of hydrogen-bond acceptors (Lipinski definition) is 3. The van der Waals surface area contributed by atoms with Crippen molar-refractivity contribution in [2.75, 3.05) is 6.54 Å². The number of H-pyrrole nitrogens is 1. The Morgan fingerprint density at radius 1 is 1.29 bits per heavy atom. The number of carbonyl (C=O) groups is 1. The van der Waals surface area contributed by atoms with Gasteiger partial charge in [-0.2, -0.15) is 0 Å². The van der Waals surface area contributed by atoms with Crippen LogP contribution < -0.4 is 16.2 Å². The van der Waals surface area contributed by atoms with E-state index < -0.39 is 0 Å². The van der Waals surface area contributed by atoms with Gasteiger partial charge >= 0.3 is 0 Å². The third-order valence-corrected chi connectivity index (χ3v) is 4.22. The molecule has 24 heavy (non-hydrogen) atoms. The molecule has 6 nitrogen and oxygen atoms in total. The summed E-state index contributed by atoms with van der Waals surface area (Å²) in [5.41, 5.74) is 1.89. The van der Waals surface area contributed by atoms with Crippen LogP contribution in [0.15, 0.2) is 35.1 Å². The summed E-state index contributed by atoms with van der Waals surface area (Å²) < 4.78 is 1.39. The van der Waals surface area contributed by atoms with Crippen molar-refractivity contribution in [1.29, 1.82) is 0 Å². The van der Waals surface area contributed by atoms with E-state index in [1.165, 1.54) is 10.7 Å². The van der Waals surface area contributed by atoms with Gasteiger partial charge in [0.1, 0.15) is 5.69 Å². The first kappa shape index (κ1) is 18.3. The first-order chi connectivity index (χ1) is 11.0. The average molecular weight is 351 g/mol. The third kappa shape index (κ3) is 4.07. The molecule has 2 atom stereocenters. The van der Waals surface area contributed by atoms with Crippen LogP contribution in [0.5, 0.6) is 0 Å². The lowest BCUT2D eigenvalue weighted by atomic mass is 10.0. The van der Waals surface area contributed by atoms with Crippen molar-refractivity contribution in [1.82, 2.24) is 20.4 Å². The Morgan fingerprint density at radius 2 is 2.00 bits per heavy atom. The van der Waals surface area contributed by atoms with E-state index in [1.54, 1.807) is 0 Å².